The zero-order chi connectivity index (χ0) is 23.0. The number of carbonyl (C=O) groups excluding carboxylic acids is 2. The Bertz CT molecular complexity index is 1270. The maximum absolute atomic E-state index is 14.4. The first kappa shape index (κ1) is 21.4. The molecule has 3 heterocycles. The van der Waals surface area contributed by atoms with E-state index in [-0.39, 0.29) is 29.4 Å². The Morgan fingerprint density at radius 1 is 1.16 bits per heavy atom. The minimum atomic E-state index is -0.591. The highest BCUT2D eigenvalue weighted by atomic mass is 19.1. The molecule has 0 N–H and O–H groups in total. The summed E-state index contributed by atoms with van der Waals surface area (Å²) in [5.74, 6) is -0.663. The molecule has 1 aromatic carbocycles. The number of benzene rings is 1. The third-order valence-corrected chi connectivity index (χ3v) is 5.66. The van der Waals surface area contributed by atoms with Gasteiger partial charge in [-0.1, -0.05) is 12.1 Å². The third kappa shape index (κ3) is 3.56. The topological polar surface area (TPSA) is 64.7 Å². The van der Waals surface area contributed by atoms with Crippen molar-refractivity contribution in [3.05, 3.63) is 94.1 Å². The second kappa shape index (κ2) is 8.34. The summed E-state index contributed by atoms with van der Waals surface area (Å²) in [6, 6.07) is 11.9. The van der Waals surface area contributed by atoms with Crippen LogP contribution in [-0.4, -0.2) is 28.5 Å². The van der Waals surface area contributed by atoms with Crippen LogP contribution in [0.25, 0.3) is 11.8 Å². The molecule has 0 saturated carbocycles. The summed E-state index contributed by atoms with van der Waals surface area (Å²) in [6.45, 7) is 5.62. The van der Waals surface area contributed by atoms with Crippen molar-refractivity contribution >= 4 is 18.0 Å². The van der Waals surface area contributed by atoms with Crippen LogP contribution in [0.1, 0.15) is 29.6 Å². The number of aryl methyl sites for hydroxylation is 1. The molecule has 4 rings (SSSR count). The first-order valence-corrected chi connectivity index (χ1v) is 10.1. The van der Waals surface area contributed by atoms with Crippen LogP contribution in [0.3, 0.4) is 0 Å². The molecule has 0 unspecified atom stereocenters. The van der Waals surface area contributed by atoms with Gasteiger partial charge in [-0.3, -0.25) is 4.79 Å². The number of hydrogen-bond acceptors (Lipinski definition) is 4. The number of furan rings is 1. The molecule has 0 aliphatic carbocycles. The lowest BCUT2D eigenvalue weighted by Crippen LogP contribution is -2.24. The van der Waals surface area contributed by atoms with E-state index in [4.69, 9.17) is 9.15 Å². The Morgan fingerprint density at radius 2 is 1.91 bits per heavy atom. The predicted octanol–water partition coefficient (Wildman–Crippen LogP) is 4.70. The highest BCUT2D eigenvalue weighted by molar-refractivity contribution is 6.16. The van der Waals surface area contributed by atoms with Gasteiger partial charge in [0.2, 0.25) is 0 Å². The fourth-order valence-corrected chi connectivity index (χ4v) is 4.07. The molecular formula is C25H23FN2O4. The first-order chi connectivity index (χ1) is 15.3. The monoisotopic (exact) mass is 434 g/mol. The van der Waals surface area contributed by atoms with E-state index in [9.17, 15) is 14.0 Å². The Morgan fingerprint density at radius 3 is 2.56 bits per heavy atom. The van der Waals surface area contributed by atoms with Gasteiger partial charge in [0.25, 0.3) is 5.91 Å². The van der Waals surface area contributed by atoms with E-state index in [1.807, 2.05) is 19.9 Å². The van der Waals surface area contributed by atoms with E-state index in [0.717, 1.165) is 11.4 Å². The summed E-state index contributed by atoms with van der Waals surface area (Å²) in [5.41, 5.74) is 3.62. The lowest BCUT2D eigenvalue weighted by molar-refractivity contribution is -0.136. The van der Waals surface area contributed by atoms with Crippen molar-refractivity contribution in [2.24, 2.45) is 0 Å². The number of allylic oxidation sites excluding steroid dienone is 1. The van der Waals surface area contributed by atoms with Crippen molar-refractivity contribution in [1.29, 1.82) is 0 Å². The normalized spacial score (nSPS) is 15.2. The molecule has 3 aromatic rings. The van der Waals surface area contributed by atoms with Crippen LogP contribution >= 0.6 is 0 Å². The van der Waals surface area contributed by atoms with Crippen molar-refractivity contribution in [2.45, 2.75) is 27.3 Å². The molecule has 6 nitrogen and oxygen atoms in total. The number of hydrogen-bond donors (Lipinski definition) is 0. The van der Waals surface area contributed by atoms with E-state index in [0.29, 0.717) is 22.7 Å². The van der Waals surface area contributed by atoms with Crippen LogP contribution in [0.2, 0.25) is 0 Å². The van der Waals surface area contributed by atoms with Crippen molar-refractivity contribution in [3.63, 3.8) is 0 Å². The maximum atomic E-state index is 14.4. The Balaban J connectivity index is 1.81. The second-order valence-corrected chi connectivity index (χ2v) is 7.59. The SMILES string of the molecule is COC(=O)C1=C(C)N(Cc2ccco2)C(=O)/C1=C\c1cc(C)n(-c2ccccc2F)c1C. The van der Waals surface area contributed by atoms with Crippen LogP contribution in [-0.2, 0) is 20.9 Å². The van der Waals surface area contributed by atoms with Crippen LogP contribution in [0.4, 0.5) is 4.39 Å². The molecular weight excluding hydrogens is 411 g/mol. The molecule has 1 aliphatic heterocycles. The van der Waals surface area contributed by atoms with E-state index < -0.39 is 5.97 Å². The molecule has 1 amide bonds. The molecule has 0 radical (unpaired) electrons. The average Bonchev–Trinajstić information content (AvgIpc) is 3.44. The molecule has 0 bridgehead atoms. The number of methoxy groups -OCH3 is 1. The number of nitrogens with zero attached hydrogens (tertiary/aromatic N) is 2. The smallest absolute Gasteiger partial charge is 0.340 e. The van der Waals surface area contributed by atoms with Crippen LogP contribution in [0.15, 0.2) is 70.0 Å². The van der Waals surface area contributed by atoms with Crippen molar-refractivity contribution in [2.75, 3.05) is 7.11 Å². The van der Waals surface area contributed by atoms with Gasteiger partial charge in [0.1, 0.15) is 11.6 Å². The molecule has 0 atom stereocenters. The number of carbonyl (C=O) groups is 2. The van der Waals surface area contributed by atoms with Crippen molar-refractivity contribution in [1.82, 2.24) is 9.47 Å². The van der Waals surface area contributed by atoms with Crippen LogP contribution < -0.4 is 0 Å². The molecule has 0 fully saturated rings. The number of amides is 1. The molecule has 1 aliphatic rings. The quantitative estimate of drug-likeness (QED) is 0.431. The molecule has 2 aromatic heterocycles. The number of aromatic nitrogens is 1. The minimum Gasteiger partial charge on any atom is -0.467 e. The average molecular weight is 434 g/mol. The zero-order valence-corrected chi connectivity index (χ0v) is 18.3. The van der Waals surface area contributed by atoms with Gasteiger partial charge >= 0.3 is 5.97 Å². The fourth-order valence-electron chi connectivity index (χ4n) is 4.07. The van der Waals surface area contributed by atoms with E-state index >= 15 is 0 Å². The highest BCUT2D eigenvalue weighted by Crippen LogP contribution is 2.34. The maximum Gasteiger partial charge on any atom is 0.340 e. The lowest BCUT2D eigenvalue weighted by atomic mass is 10.0. The van der Waals surface area contributed by atoms with Crippen molar-refractivity contribution in [3.8, 4) is 5.69 Å². The molecule has 164 valence electrons. The Labute approximate surface area is 185 Å². The summed E-state index contributed by atoms with van der Waals surface area (Å²) in [6.07, 6.45) is 3.20. The molecule has 32 heavy (non-hydrogen) atoms. The van der Waals surface area contributed by atoms with Crippen molar-refractivity contribution < 1.29 is 23.1 Å². The number of halogens is 1. The summed E-state index contributed by atoms with van der Waals surface area (Å²) in [7, 11) is 1.28. The molecule has 7 heteroatoms. The Hall–Kier alpha value is -3.87. The standard InChI is InChI=1S/C25H23FN2O4/c1-15-12-18(16(2)28(15)22-10-6-5-9-21(22)26)13-20-23(25(30)31-4)17(3)27(24(20)29)14-19-8-7-11-32-19/h5-13H,14H2,1-4H3/b20-13-. The van der Waals surface area contributed by atoms with Gasteiger partial charge < -0.3 is 18.6 Å². The summed E-state index contributed by atoms with van der Waals surface area (Å²) in [5, 5.41) is 0. The summed E-state index contributed by atoms with van der Waals surface area (Å²) < 4.78 is 26.6. The zero-order valence-electron chi connectivity index (χ0n) is 18.3. The van der Waals surface area contributed by atoms with E-state index in [1.165, 1.54) is 24.3 Å². The minimum absolute atomic E-state index is 0.198. The largest absolute Gasteiger partial charge is 0.467 e. The number of ether oxygens (including phenoxy) is 1. The third-order valence-electron chi connectivity index (χ3n) is 5.66. The van der Waals surface area contributed by atoms with Crippen LogP contribution in [0, 0.1) is 19.7 Å². The summed E-state index contributed by atoms with van der Waals surface area (Å²) >= 11 is 0. The fraction of sp³-hybridized carbons (Fsp3) is 0.200. The van der Waals surface area contributed by atoms with Gasteiger partial charge in [0.05, 0.1) is 36.8 Å². The molecule has 0 spiro atoms. The Kier molecular flexibility index (Phi) is 5.57. The van der Waals surface area contributed by atoms with Gasteiger partial charge in [-0.05, 0) is 62.7 Å². The molecule has 0 saturated heterocycles. The van der Waals surface area contributed by atoms with Gasteiger partial charge in [-0.2, -0.15) is 0 Å². The highest BCUT2D eigenvalue weighted by Gasteiger charge is 2.37. The van der Waals surface area contributed by atoms with Gasteiger partial charge in [0, 0.05) is 17.1 Å². The predicted molar refractivity (Wildman–Crippen MR) is 117 cm³/mol. The second-order valence-electron chi connectivity index (χ2n) is 7.59. The van der Waals surface area contributed by atoms with E-state index in [2.05, 4.69) is 0 Å². The van der Waals surface area contributed by atoms with E-state index in [1.54, 1.807) is 47.9 Å². The van der Waals surface area contributed by atoms with Gasteiger partial charge in [-0.25, -0.2) is 9.18 Å². The lowest BCUT2D eigenvalue weighted by Gasteiger charge is -2.16. The van der Waals surface area contributed by atoms with Gasteiger partial charge in [0.15, 0.2) is 0 Å². The number of para-hydroxylation sites is 1. The van der Waals surface area contributed by atoms with Crippen LogP contribution in [0.5, 0.6) is 0 Å². The number of esters is 1. The first-order valence-electron chi connectivity index (χ1n) is 10.1. The number of rotatable bonds is 5. The summed E-state index contributed by atoms with van der Waals surface area (Å²) in [4.78, 5) is 27.4. The van der Waals surface area contributed by atoms with Gasteiger partial charge in [-0.15, -0.1) is 0 Å².